The van der Waals surface area contributed by atoms with Gasteiger partial charge in [-0.3, -0.25) is 9.59 Å². The fourth-order valence-corrected chi connectivity index (χ4v) is 5.54. The van der Waals surface area contributed by atoms with Crippen LogP contribution in [0.25, 0.3) is 0 Å². The first-order chi connectivity index (χ1) is 19.6. The highest BCUT2D eigenvalue weighted by molar-refractivity contribution is 5.82. The van der Waals surface area contributed by atoms with E-state index in [2.05, 4.69) is 26.1 Å². The van der Waals surface area contributed by atoms with Gasteiger partial charge in [-0.25, -0.2) is 0 Å². The molecule has 0 heterocycles. The minimum atomic E-state index is -0.820. The zero-order valence-electron chi connectivity index (χ0n) is 27.3. The SMILES string of the molecule is CCCCCCCCCCCCCCCCCCN[C@@H](CCC(=O)O)C(=O)N(CCCCCC)CCCCCC. The maximum absolute atomic E-state index is 13.5. The minimum absolute atomic E-state index is 0.0435. The Balaban J connectivity index is 4.17. The van der Waals surface area contributed by atoms with E-state index in [0.717, 1.165) is 51.7 Å². The predicted molar refractivity (Wildman–Crippen MR) is 173 cm³/mol. The quantitative estimate of drug-likeness (QED) is 0.0795. The standard InChI is InChI=1S/C35H70N2O3/c1-4-7-10-13-14-15-16-17-18-19-20-21-22-23-24-25-30-36-33(28-29-34(38)39)35(40)37(31-26-11-8-5-2)32-27-12-9-6-3/h33,36H,4-32H2,1-3H3,(H,38,39)/t33-/m0/s1. The number of hydrogen-bond donors (Lipinski definition) is 2. The number of nitrogens with zero attached hydrogens (tertiary/aromatic N) is 1. The Bertz CT molecular complexity index is 543. The molecular weight excluding hydrogens is 496 g/mol. The van der Waals surface area contributed by atoms with Crippen LogP contribution < -0.4 is 5.32 Å². The van der Waals surface area contributed by atoms with E-state index in [1.165, 1.54) is 122 Å². The van der Waals surface area contributed by atoms with Crippen molar-refractivity contribution in [3.8, 4) is 0 Å². The average Bonchev–Trinajstić information content (AvgIpc) is 2.95. The number of carboxylic acid groups (broad SMARTS) is 1. The number of unbranched alkanes of at least 4 members (excludes halogenated alkanes) is 21. The van der Waals surface area contributed by atoms with Gasteiger partial charge in [0.2, 0.25) is 5.91 Å². The lowest BCUT2D eigenvalue weighted by atomic mass is 10.0. The van der Waals surface area contributed by atoms with Gasteiger partial charge in [-0.05, 0) is 32.2 Å². The van der Waals surface area contributed by atoms with Crippen LogP contribution in [0, 0.1) is 0 Å². The van der Waals surface area contributed by atoms with Crippen molar-refractivity contribution in [2.24, 2.45) is 0 Å². The van der Waals surface area contributed by atoms with E-state index in [1.807, 2.05) is 4.90 Å². The molecule has 2 N–H and O–H groups in total. The molecule has 0 saturated heterocycles. The van der Waals surface area contributed by atoms with E-state index in [9.17, 15) is 14.7 Å². The van der Waals surface area contributed by atoms with Gasteiger partial charge in [-0.2, -0.15) is 0 Å². The number of nitrogens with one attached hydrogen (secondary N) is 1. The topological polar surface area (TPSA) is 69.6 Å². The molecular formula is C35H70N2O3. The Hall–Kier alpha value is -1.10. The predicted octanol–water partition coefficient (Wildman–Crippen LogP) is 10.1. The first-order valence-electron chi connectivity index (χ1n) is 17.8. The number of aliphatic carboxylic acids is 1. The van der Waals surface area contributed by atoms with Gasteiger partial charge in [-0.1, -0.05) is 156 Å². The molecule has 1 amide bonds. The molecule has 0 fully saturated rings. The van der Waals surface area contributed by atoms with Gasteiger partial charge in [0.15, 0.2) is 0 Å². The van der Waals surface area contributed by atoms with Crippen LogP contribution in [0.4, 0.5) is 0 Å². The first kappa shape index (κ1) is 38.9. The number of amides is 1. The molecule has 0 rings (SSSR count). The van der Waals surface area contributed by atoms with Crippen LogP contribution in [0.5, 0.6) is 0 Å². The van der Waals surface area contributed by atoms with Crippen LogP contribution in [0.3, 0.4) is 0 Å². The second kappa shape index (κ2) is 30.8. The lowest BCUT2D eigenvalue weighted by Gasteiger charge is -2.28. The largest absolute Gasteiger partial charge is 0.481 e. The summed E-state index contributed by atoms with van der Waals surface area (Å²) >= 11 is 0. The Labute approximate surface area is 250 Å². The Morgan fingerprint density at radius 2 is 0.900 bits per heavy atom. The molecule has 0 aliphatic carbocycles. The van der Waals surface area contributed by atoms with Gasteiger partial charge in [0.1, 0.15) is 0 Å². The van der Waals surface area contributed by atoms with Crippen LogP contribution in [0.2, 0.25) is 0 Å². The summed E-state index contributed by atoms with van der Waals surface area (Å²) in [4.78, 5) is 26.7. The molecule has 0 spiro atoms. The third-order valence-corrected chi connectivity index (χ3v) is 8.24. The lowest BCUT2D eigenvalue weighted by molar-refractivity contribution is -0.138. The molecule has 0 aromatic rings. The molecule has 1 atom stereocenters. The number of carboxylic acids is 1. The van der Waals surface area contributed by atoms with Gasteiger partial charge in [0.25, 0.3) is 0 Å². The van der Waals surface area contributed by atoms with Crippen molar-refractivity contribution in [1.82, 2.24) is 10.2 Å². The van der Waals surface area contributed by atoms with E-state index in [1.54, 1.807) is 0 Å². The van der Waals surface area contributed by atoms with Crippen molar-refractivity contribution in [2.75, 3.05) is 19.6 Å². The minimum Gasteiger partial charge on any atom is -0.481 e. The Morgan fingerprint density at radius 1 is 0.550 bits per heavy atom. The van der Waals surface area contributed by atoms with Gasteiger partial charge >= 0.3 is 5.97 Å². The van der Waals surface area contributed by atoms with E-state index in [0.29, 0.717) is 6.42 Å². The third-order valence-electron chi connectivity index (χ3n) is 8.24. The summed E-state index contributed by atoms with van der Waals surface area (Å²) in [6.45, 7) is 9.10. The maximum atomic E-state index is 13.5. The van der Waals surface area contributed by atoms with Crippen molar-refractivity contribution in [1.29, 1.82) is 0 Å². The first-order valence-corrected chi connectivity index (χ1v) is 17.8. The summed E-state index contributed by atoms with van der Waals surface area (Å²) in [5.41, 5.74) is 0. The van der Waals surface area contributed by atoms with Crippen LogP contribution in [0.15, 0.2) is 0 Å². The number of hydrogen-bond acceptors (Lipinski definition) is 3. The molecule has 0 unspecified atom stereocenters. The van der Waals surface area contributed by atoms with Crippen molar-refractivity contribution < 1.29 is 14.7 Å². The van der Waals surface area contributed by atoms with Crippen LogP contribution in [-0.4, -0.2) is 47.6 Å². The molecule has 40 heavy (non-hydrogen) atoms. The van der Waals surface area contributed by atoms with Crippen molar-refractivity contribution in [3.05, 3.63) is 0 Å². The van der Waals surface area contributed by atoms with E-state index in [4.69, 9.17) is 0 Å². The maximum Gasteiger partial charge on any atom is 0.303 e. The highest BCUT2D eigenvalue weighted by Gasteiger charge is 2.24. The van der Waals surface area contributed by atoms with E-state index in [-0.39, 0.29) is 18.4 Å². The zero-order chi connectivity index (χ0) is 29.5. The molecule has 0 aromatic carbocycles. The highest BCUT2D eigenvalue weighted by Crippen LogP contribution is 2.14. The number of carbonyl (C=O) groups is 2. The molecule has 0 radical (unpaired) electrons. The molecule has 5 heteroatoms. The van der Waals surface area contributed by atoms with Crippen LogP contribution in [0.1, 0.15) is 188 Å². The molecule has 238 valence electrons. The summed E-state index contributed by atoms with van der Waals surface area (Å²) in [6, 6.07) is -0.371. The summed E-state index contributed by atoms with van der Waals surface area (Å²) in [6.07, 6.45) is 31.2. The molecule has 5 nitrogen and oxygen atoms in total. The van der Waals surface area contributed by atoms with Crippen molar-refractivity contribution in [2.45, 2.75) is 194 Å². The fraction of sp³-hybridized carbons (Fsp3) is 0.943. The van der Waals surface area contributed by atoms with Crippen molar-refractivity contribution in [3.63, 3.8) is 0 Å². The van der Waals surface area contributed by atoms with E-state index < -0.39 is 5.97 Å². The second-order valence-electron chi connectivity index (χ2n) is 12.2. The van der Waals surface area contributed by atoms with Crippen LogP contribution >= 0.6 is 0 Å². The lowest BCUT2D eigenvalue weighted by Crippen LogP contribution is -2.47. The second-order valence-corrected chi connectivity index (χ2v) is 12.2. The van der Waals surface area contributed by atoms with Gasteiger partial charge < -0.3 is 15.3 Å². The number of rotatable bonds is 32. The fourth-order valence-electron chi connectivity index (χ4n) is 5.54. The summed E-state index contributed by atoms with van der Waals surface area (Å²) in [5, 5.41) is 12.7. The molecule has 0 bridgehead atoms. The van der Waals surface area contributed by atoms with Gasteiger partial charge in [0, 0.05) is 19.5 Å². The summed E-state index contributed by atoms with van der Waals surface area (Å²) in [7, 11) is 0. The van der Waals surface area contributed by atoms with Crippen LogP contribution in [-0.2, 0) is 9.59 Å². The van der Waals surface area contributed by atoms with Gasteiger partial charge in [0.05, 0.1) is 6.04 Å². The third kappa shape index (κ3) is 25.8. The molecule has 0 aliphatic rings. The van der Waals surface area contributed by atoms with Crippen molar-refractivity contribution >= 4 is 11.9 Å². The molecule has 0 saturated carbocycles. The smallest absolute Gasteiger partial charge is 0.303 e. The summed E-state index contributed by atoms with van der Waals surface area (Å²) < 4.78 is 0. The Kier molecular flexibility index (Phi) is 30.0. The highest BCUT2D eigenvalue weighted by atomic mass is 16.4. The number of carbonyl (C=O) groups excluding carboxylic acids is 1. The zero-order valence-corrected chi connectivity index (χ0v) is 27.3. The monoisotopic (exact) mass is 567 g/mol. The normalized spacial score (nSPS) is 12.1. The van der Waals surface area contributed by atoms with E-state index >= 15 is 0 Å². The Morgan fingerprint density at radius 3 is 1.27 bits per heavy atom. The molecule has 0 aliphatic heterocycles. The molecule has 0 aromatic heterocycles. The van der Waals surface area contributed by atoms with Gasteiger partial charge in [-0.15, -0.1) is 0 Å². The summed E-state index contributed by atoms with van der Waals surface area (Å²) in [5.74, 6) is -0.704. The average molecular weight is 567 g/mol.